The van der Waals surface area contributed by atoms with Crippen molar-refractivity contribution in [1.29, 1.82) is 0 Å². The molecule has 0 saturated carbocycles. The number of nitrogens with zero attached hydrogens (tertiary/aromatic N) is 2. The van der Waals surface area contributed by atoms with Crippen molar-refractivity contribution in [2.45, 2.75) is 26.9 Å². The summed E-state index contributed by atoms with van der Waals surface area (Å²) in [6, 6.07) is 15.4. The van der Waals surface area contributed by atoms with Crippen molar-refractivity contribution < 1.29 is 28.2 Å². The van der Waals surface area contributed by atoms with Gasteiger partial charge in [-0.1, -0.05) is 24.3 Å². The Balaban J connectivity index is 1.58. The molecule has 2 aromatic heterocycles. The zero-order valence-corrected chi connectivity index (χ0v) is 17.3. The Morgan fingerprint density at radius 1 is 0.633 bits per heavy atom. The Kier molecular flexibility index (Phi) is 7.27. The number of rotatable bonds is 8. The molecule has 0 bridgehead atoms. The highest BCUT2D eigenvalue weighted by atomic mass is 16.5. The molecule has 0 aliphatic rings. The lowest BCUT2D eigenvalue weighted by Gasteiger charge is -2.03. The maximum atomic E-state index is 11.7. The van der Waals surface area contributed by atoms with Gasteiger partial charge in [0.2, 0.25) is 0 Å². The molecule has 0 N–H and O–H groups in total. The van der Waals surface area contributed by atoms with Crippen molar-refractivity contribution in [3.63, 3.8) is 0 Å². The number of pyridine rings is 2. The minimum atomic E-state index is -0.304. The van der Waals surface area contributed by atoms with E-state index in [1.54, 1.807) is 38.1 Å². The fourth-order valence-electron chi connectivity index (χ4n) is 3.00. The first-order valence-electron chi connectivity index (χ1n) is 9.99. The third kappa shape index (κ3) is 5.73. The molecule has 2 heterocycles. The van der Waals surface area contributed by atoms with Gasteiger partial charge < -0.3 is 9.47 Å². The molecule has 0 amide bonds. The van der Waals surface area contributed by atoms with E-state index in [1.165, 1.54) is 0 Å². The molecule has 154 valence electrons. The number of hydrogen-bond donors (Lipinski definition) is 0. The second-order valence-electron chi connectivity index (χ2n) is 6.78. The number of carbonyl (C=O) groups excluding carboxylic acids is 2. The van der Waals surface area contributed by atoms with Crippen LogP contribution in [0.5, 0.6) is 0 Å². The summed E-state index contributed by atoms with van der Waals surface area (Å²) in [7, 11) is 0. The molecule has 0 unspecified atom stereocenters. The predicted octanol–water partition coefficient (Wildman–Crippen LogP) is 2.71. The van der Waals surface area contributed by atoms with Gasteiger partial charge in [0.1, 0.15) is 0 Å². The number of hydrogen-bond acceptors (Lipinski definition) is 4. The fourth-order valence-corrected chi connectivity index (χ4v) is 3.00. The van der Waals surface area contributed by atoms with Crippen LogP contribution in [0, 0.1) is 0 Å². The molecule has 6 heteroatoms. The van der Waals surface area contributed by atoms with E-state index in [-0.39, 0.29) is 11.9 Å². The summed E-state index contributed by atoms with van der Waals surface area (Å²) in [6.45, 7) is 5.75. The summed E-state index contributed by atoms with van der Waals surface area (Å²) >= 11 is 0. The predicted molar refractivity (Wildman–Crippen MR) is 110 cm³/mol. The van der Waals surface area contributed by atoms with Crippen LogP contribution in [0.1, 0.15) is 45.7 Å². The van der Waals surface area contributed by atoms with E-state index in [9.17, 15) is 9.59 Å². The van der Waals surface area contributed by atoms with Crippen molar-refractivity contribution in [3.8, 4) is 0 Å². The third-order valence-electron chi connectivity index (χ3n) is 4.56. The standard InChI is InChI=1S/C24H26N2O4/c1-3-29-23(27)21-9-13-25(14-10-21)17-19-5-7-20(8-6-19)18-26-15-11-22(12-16-26)24(28)30-4-2/h5-16H,3-4,17-18H2,1-2H3/q+2. The molecule has 0 atom stereocenters. The maximum Gasteiger partial charge on any atom is 0.338 e. The molecule has 30 heavy (non-hydrogen) atoms. The molecule has 6 nitrogen and oxygen atoms in total. The van der Waals surface area contributed by atoms with Crippen molar-refractivity contribution in [3.05, 3.63) is 95.6 Å². The van der Waals surface area contributed by atoms with Gasteiger partial charge in [-0.15, -0.1) is 0 Å². The van der Waals surface area contributed by atoms with E-state index in [2.05, 4.69) is 24.3 Å². The first kappa shape index (κ1) is 21.2. The van der Waals surface area contributed by atoms with Crippen molar-refractivity contribution in [1.82, 2.24) is 0 Å². The van der Waals surface area contributed by atoms with Crippen LogP contribution in [-0.2, 0) is 22.6 Å². The molecule has 3 aromatic rings. The van der Waals surface area contributed by atoms with Gasteiger partial charge >= 0.3 is 11.9 Å². The smallest absolute Gasteiger partial charge is 0.338 e. The Morgan fingerprint density at radius 3 is 1.27 bits per heavy atom. The van der Waals surface area contributed by atoms with Crippen molar-refractivity contribution in [2.75, 3.05) is 13.2 Å². The minimum Gasteiger partial charge on any atom is -0.462 e. The second kappa shape index (κ2) is 10.3. The summed E-state index contributed by atoms with van der Waals surface area (Å²) in [4.78, 5) is 23.5. The maximum absolute atomic E-state index is 11.7. The fraction of sp³-hybridized carbons (Fsp3) is 0.250. The summed E-state index contributed by atoms with van der Waals surface area (Å²) < 4.78 is 14.0. The zero-order chi connectivity index (χ0) is 21.3. The highest BCUT2D eigenvalue weighted by Crippen LogP contribution is 2.06. The highest BCUT2D eigenvalue weighted by Gasteiger charge is 2.11. The van der Waals surface area contributed by atoms with E-state index >= 15 is 0 Å². The lowest BCUT2D eigenvalue weighted by atomic mass is 10.1. The number of carbonyl (C=O) groups is 2. The molecule has 1 aromatic carbocycles. The number of aromatic nitrogens is 2. The van der Waals surface area contributed by atoms with Gasteiger partial charge in [-0.3, -0.25) is 0 Å². The molecule has 0 saturated heterocycles. The molecule has 0 aliphatic heterocycles. The summed E-state index contributed by atoms with van der Waals surface area (Å²) in [5, 5.41) is 0. The molecular formula is C24H26N2O4+2. The van der Waals surface area contributed by atoms with E-state index in [1.807, 2.05) is 33.9 Å². The first-order valence-corrected chi connectivity index (χ1v) is 9.99. The van der Waals surface area contributed by atoms with Crippen molar-refractivity contribution in [2.24, 2.45) is 0 Å². The molecule has 0 fully saturated rings. The summed E-state index contributed by atoms with van der Waals surface area (Å²) in [5.74, 6) is -0.608. The second-order valence-corrected chi connectivity index (χ2v) is 6.78. The number of esters is 2. The van der Waals surface area contributed by atoms with Gasteiger partial charge in [-0.25, -0.2) is 18.7 Å². The van der Waals surface area contributed by atoms with Gasteiger partial charge in [0.05, 0.1) is 24.3 Å². The van der Waals surface area contributed by atoms with Gasteiger partial charge in [-0.2, -0.15) is 0 Å². The lowest BCUT2D eigenvalue weighted by Crippen LogP contribution is -2.34. The van der Waals surface area contributed by atoms with E-state index < -0.39 is 0 Å². The first-order chi connectivity index (χ1) is 14.6. The molecular weight excluding hydrogens is 380 g/mol. The Bertz CT molecular complexity index is 899. The van der Waals surface area contributed by atoms with Gasteiger partial charge in [0.25, 0.3) is 0 Å². The summed E-state index contributed by atoms with van der Waals surface area (Å²) in [6.07, 6.45) is 7.50. The van der Waals surface area contributed by atoms with Crippen LogP contribution in [0.2, 0.25) is 0 Å². The van der Waals surface area contributed by atoms with Crippen LogP contribution in [0.4, 0.5) is 0 Å². The van der Waals surface area contributed by atoms with E-state index in [4.69, 9.17) is 9.47 Å². The Hall–Kier alpha value is -3.54. The highest BCUT2D eigenvalue weighted by molar-refractivity contribution is 5.89. The molecule has 3 rings (SSSR count). The SMILES string of the molecule is CCOC(=O)c1cc[n+](Cc2ccc(C[n+]3ccc(C(=O)OCC)cc3)cc2)cc1. The van der Waals surface area contributed by atoms with Gasteiger partial charge in [0.15, 0.2) is 37.9 Å². The zero-order valence-electron chi connectivity index (χ0n) is 17.3. The minimum absolute atomic E-state index is 0.304. The van der Waals surface area contributed by atoms with Gasteiger partial charge in [0, 0.05) is 35.4 Å². The Labute approximate surface area is 176 Å². The summed E-state index contributed by atoms with van der Waals surface area (Å²) in [5.41, 5.74) is 3.43. The van der Waals surface area contributed by atoms with Gasteiger partial charge in [-0.05, 0) is 13.8 Å². The molecule has 0 aliphatic carbocycles. The normalized spacial score (nSPS) is 10.5. The van der Waals surface area contributed by atoms with Crippen molar-refractivity contribution >= 4 is 11.9 Å². The van der Waals surface area contributed by atoms with Crippen LogP contribution in [0.15, 0.2) is 73.3 Å². The van der Waals surface area contributed by atoms with Crippen LogP contribution in [0.25, 0.3) is 0 Å². The average Bonchev–Trinajstić information content (AvgIpc) is 2.76. The quantitative estimate of drug-likeness (QED) is 0.426. The number of benzene rings is 1. The van der Waals surface area contributed by atoms with Crippen LogP contribution in [-0.4, -0.2) is 25.2 Å². The average molecular weight is 406 g/mol. The van der Waals surface area contributed by atoms with E-state index in [0.29, 0.717) is 37.4 Å². The van der Waals surface area contributed by atoms with Crippen LogP contribution < -0.4 is 9.13 Å². The number of ether oxygens (including phenoxy) is 2. The third-order valence-corrected chi connectivity index (χ3v) is 4.56. The van der Waals surface area contributed by atoms with Crippen LogP contribution in [0.3, 0.4) is 0 Å². The lowest BCUT2D eigenvalue weighted by molar-refractivity contribution is -0.689. The molecule has 0 radical (unpaired) electrons. The van der Waals surface area contributed by atoms with E-state index in [0.717, 1.165) is 11.1 Å². The topological polar surface area (TPSA) is 60.4 Å². The Morgan fingerprint density at radius 2 is 0.967 bits per heavy atom. The van der Waals surface area contributed by atoms with Crippen LogP contribution >= 0.6 is 0 Å². The molecule has 0 spiro atoms. The largest absolute Gasteiger partial charge is 0.462 e. The monoisotopic (exact) mass is 406 g/mol.